The molecule has 4 rings (SSSR count). The molecule has 9 heteroatoms. The van der Waals surface area contributed by atoms with Crippen LogP contribution in [-0.4, -0.2) is 39.9 Å². The van der Waals surface area contributed by atoms with Gasteiger partial charge in [-0.25, -0.2) is 0 Å². The summed E-state index contributed by atoms with van der Waals surface area (Å²) in [5.74, 6) is 1.62. The molecule has 0 unspecified atom stereocenters. The molecule has 1 fully saturated rings. The predicted octanol–water partition coefficient (Wildman–Crippen LogP) is 3.71. The lowest BCUT2D eigenvalue weighted by molar-refractivity contribution is 0.303. The summed E-state index contributed by atoms with van der Waals surface area (Å²) in [5.41, 5.74) is 4.64. The highest BCUT2D eigenvalue weighted by atomic mass is 35.5. The zero-order valence-corrected chi connectivity index (χ0v) is 19.7. The minimum Gasteiger partial charge on any atom is -0.496 e. The molecule has 2 heterocycles. The third kappa shape index (κ3) is 5.74. The molecule has 31 heavy (non-hydrogen) atoms. The van der Waals surface area contributed by atoms with E-state index in [0.29, 0.717) is 18.6 Å². The van der Waals surface area contributed by atoms with E-state index in [1.54, 1.807) is 11.8 Å². The van der Waals surface area contributed by atoms with Crippen LogP contribution in [0.4, 0.5) is 0 Å². The van der Waals surface area contributed by atoms with Crippen LogP contribution in [0.3, 0.4) is 0 Å². The molecule has 0 bridgehead atoms. The largest absolute Gasteiger partial charge is 0.496 e. The summed E-state index contributed by atoms with van der Waals surface area (Å²) >= 11 is 0. The van der Waals surface area contributed by atoms with Crippen LogP contribution in [0.1, 0.15) is 41.4 Å². The number of aryl methyl sites for hydroxylation is 2. The first-order valence-electron chi connectivity index (χ1n) is 10.1. The van der Waals surface area contributed by atoms with Gasteiger partial charge in [-0.3, -0.25) is 0 Å². The normalized spacial score (nSPS) is 18.0. The van der Waals surface area contributed by atoms with Crippen LogP contribution in [0.15, 0.2) is 42.5 Å². The Morgan fingerprint density at radius 3 is 2.58 bits per heavy atom. The molecule has 2 aromatic carbocycles. The molecule has 2 N–H and O–H groups in total. The molecular formula is C22H30Cl2N6O. The second kappa shape index (κ2) is 11.4. The molecule has 0 radical (unpaired) electrons. The number of rotatable bonds is 6. The van der Waals surface area contributed by atoms with Gasteiger partial charge in [-0.2, -0.15) is 4.68 Å². The van der Waals surface area contributed by atoms with Gasteiger partial charge in [0.1, 0.15) is 5.75 Å². The van der Waals surface area contributed by atoms with Crippen LogP contribution in [0, 0.1) is 13.8 Å². The highest BCUT2D eigenvalue weighted by Gasteiger charge is 2.26. The van der Waals surface area contributed by atoms with Crippen molar-refractivity contribution in [3.63, 3.8) is 0 Å². The number of halogens is 2. The Bertz CT molecular complexity index is 963. The molecule has 3 aromatic rings. The summed E-state index contributed by atoms with van der Waals surface area (Å²) in [6, 6.07) is 15.5. The lowest BCUT2D eigenvalue weighted by Gasteiger charge is -2.34. The van der Waals surface area contributed by atoms with Crippen molar-refractivity contribution in [1.82, 2.24) is 30.8 Å². The van der Waals surface area contributed by atoms with Crippen molar-refractivity contribution >= 4 is 24.8 Å². The third-order valence-electron chi connectivity index (χ3n) is 5.58. The van der Waals surface area contributed by atoms with Gasteiger partial charge in [-0.1, -0.05) is 29.8 Å². The number of tetrazole rings is 1. The number of nitrogens with zero attached hydrogens (tertiary/aromatic N) is 4. The molecule has 2 atom stereocenters. The highest BCUT2D eigenvalue weighted by molar-refractivity contribution is 5.85. The smallest absolute Gasteiger partial charge is 0.153 e. The van der Waals surface area contributed by atoms with Crippen molar-refractivity contribution in [1.29, 1.82) is 0 Å². The van der Waals surface area contributed by atoms with E-state index in [1.165, 1.54) is 17.5 Å². The van der Waals surface area contributed by atoms with E-state index in [2.05, 4.69) is 63.4 Å². The van der Waals surface area contributed by atoms with E-state index in [4.69, 9.17) is 4.74 Å². The van der Waals surface area contributed by atoms with Crippen LogP contribution < -0.4 is 15.4 Å². The molecular weight excluding hydrogens is 435 g/mol. The van der Waals surface area contributed by atoms with Gasteiger partial charge in [0, 0.05) is 24.2 Å². The van der Waals surface area contributed by atoms with Crippen molar-refractivity contribution in [2.75, 3.05) is 13.7 Å². The number of ether oxygens (including phenoxy) is 1. The van der Waals surface area contributed by atoms with Crippen molar-refractivity contribution in [3.05, 3.63) is 65.0 Å². The Labute approximate surface area is 195 Å². The van der Waals surface area contributed by atoms with E-state index < -0.39 is 0 Å². The van der Waals surface area contributed by atoms with Crippen molar-refractivity contribution in [2.45, 2.75) is 45.3 Å². The van der Waals surface area contributed by atoms with Crippen LogP contribution >= 0.6 is 24.8 Å². The van der Waals surface area contributed by atoms with Crippen molar-refractivity contribution < 1.29 is 4.74 Å². The predicted molar refractivity (Wildman–Crippen MR) is 127 cm³/mol. The quantitative estimate of drug-likeness (QED) is 0.578. The number of nitrogens with one attached hydrogen (secondary N) is 2. The molecule has 1 saturated heterocycles. The third-order valence-corrected chi connectivity index (χ3v) is 5.58. The van der Waals surface area contributed by atoms with E-state index >= 15 is 0 Å². The Morgan fingerprint density at radius 1 is 1.13 bits per heavy atom. The molecule has 1 aliphatic heterocycles. The molecule has 168 valence electrons. The van der Waals surface area contributed by atoms with Crippen LogP contribution in [0.5, 0.6) is 5.75 Å². The van der Waals surface area contributed by atoms with Gasteiger partial charge >= 0.3 is 0 Å². The average Bonchev–Trinajstić information content (AvgIpc) is 3.19. The van der Waals surface area contributed by atoms with Crippen molar-refractivity contribution in [2.24, 2.45) is 0 Å². The maximum Gasteiger partial charge on any atom is 0.153 e. The van der Waals surface area contributed by atoms with Crippen LogP contribution in [0.25, 0.3) is 5.69 Å². The topological polar surface area (TPSA) is 76.9 Å². The van der Waals surface area contributed by atoms with Crippen LogP contribution in [-0.2, 0) is 6.54 Å². The van der Waals surface area contributed by atoms with Gasteiger partial charge in [-0.05, 0) is 67.4 Å². The van der Waals surface area contributed by atoms with Gasteiger partial charge in [0.2, 0.25) is 0 Å². The van der Waals surface area contributed by atoms with Gasteiger partial charge in [0.05, 0.1) is 12.8 Å². The summed E-state index contributed by atoms with van der Waals surface area (Å²) in [4.78, 5) is 0. The number of methoxy groups -OCH3 is 1. The van der Waals surface area contributed by atoms with E-state index in [-0.39, 0.29) is 24.8 Å². The van der Waals surface area contributed by atoms with Crippen LogP contribution in [0.2, 0.25) is 0 Å². The fourth-order valence-corrected chi connectivity index (χ4v) is 3.98. The molecule has 0 aliphatic carbocycles. The Kier molecular flexibility index (Phi) is 9.25. The number of benzene rings is 2. The monoisotopic (exact) mass is 464 g/mol. The number of aromatic nitrogens is 4. The molecule has 0 amide bonds. The summed E-state index contributed by atoms with van der Waals surface area (Å²) in [5, 5.41) is 19.3. The maximum absolute atomic E-state index is 5.60. The lowest BCUT2D eigenvalue weighted by atomic mass is 9.91. The van der Waals surface area contributed by atoms with Crippen molar-refractivity contribution in [3.8, 4) is 11.4 Å². The fourth-order valence-electron chi connectivity index (χ4n) is 3.98. The first-order valence-corrected chi connectivity index (χ1v) is 10.1. The summed E-state index contributed by atoms with van der Waals surface area (Å²) in [6.45, 7) is 5.78. The zero-order chi connectivity index (χ0) is 20.2. The van der Waals surface area contributed by atoms with E-state index in [1.807, 2.05) is 19.1 Å². The van der Waals surface area contributed by atoms with Gasteiger partial charge in [0.25, 0.3) is 0 Å². The first kappa shape index (κ1) is 25.1. The minimum absolute atomic E-state index is 0. The van der Waals surface area contributed by atoms with Gasteiger partial charge < -0.3 is 15.4 Å². The number of hydrogen-bond donors (Lipinski definition) is 2. The molecule has 1 aromatic heterocycles. The molecule has 0 saturated carbocycles. The molecule has 0 spiro atoms. The minimum atomic E-state index is 0. The Balaban J connectivity index is 0.00000171. The Hall–Kier alpha value is -2.19. The first-order chi connectivity index (χ1) is 14.2. The highest BCUT2D eigenvalue weighted by Crippen LogP contribution is 2.26. The standard InChI is InChI=1S/C22H28N6O.2ClH/c1-15-6-8-17(9-7-15)22-20(5-4-12-23-22)24-14-18-13-19(10-11-21(18)29-3)28-16(2)25-26-27-28;;/h6-11,13,20,22-24H,4-5,12,14H2,1-3H3;2*1H/t20-,22-;;/m1../s1. The molecule has 7 nitrogen and oxygen atoms in total. The average molecular weight is 465 g/mol. The lowest BCUT2D eigenvalue weighted by Crippen LogP contribution is -2.45. The van der Waals surface area contributed by atoms with E-state index in [9.17, 15) is 0 Å². The number of hydrogen-bond acceptors (Lipinski definition) is 6. The van der Waals surface area contributed by atoms with E-state index in [0.717, 1.165) is 35.8 Å². The molecule has 1 aliphatic rings. The SMILES string of the molecule is COc1ccc(-n2nnnc2C)cc1CN[C@@H]1CCCN[C@@H]1c1ccc(C)cc1.Cl.Cl. The summed E-state index contributed by atoms with van der Waals surface area (Å²) in [7, 11) is 1.71. The zero-order valence-electron chi connectivity index (χ0n) is 18.0. The summed E-state index contributed by atoms with van der Waals surface area (Å²) in [6.07, 6.45) is 2.31. The van der Waals surface area contributed by atoms with Gasteiger partial charge in [0.15, 0.2) is 5.82 Å². The second-order valence-corrected chi connectivity index (χ2v) is 7.61. The maximum atomic E-state index is 5.60. The summed E-state index contributed by atoms with van der Waals surface area (Å²) < 4.78 is 7.33. The Morgan fingerprint density at radius 2 is 1.90 bits per heavy atom. The second-order valence-electron chi connectivity index (χ2n) is 7.61. The van der Waals surface area contributed by atoms with Gasteiger partial charge in [-0.15, -0.1) is 29.9 Å². The fraction of sp³-hybridized carbons (Fsp3) is 0.409. The number of piperidine rings is 1.